The number of hydrogen-bond acceptors (Lipinski definition) is 1. The molecule has 4 rings (SSSR count). The summed E-state index contributed by atoms with van der Waals surface area (Å²) in [5, 5.41) is 0. The van der Waals surface area contributed by atoms with Gasteiger partial charge in [-0.25, -0.2) is 0 Å². The summed E-state index contributed by atoms with van der Waals surface area (Å²) in [4.78, 5) is 0. The fourth-order valence-corrected chi connectivity index (χ4v) is 7.36. The van der Waals surface area contributed by atoms with Crippen molar-refractivity contribution in [1.82, 2.24) is 0 Å². The summed E-state index contributed by atoms with van der Waals surface area (Å²) in [6, 6.07) is 13.3. The first-order valence-corrected chi connectivity index (χ1v) is 10.7. The van der Waals surface area contributed by atoms with Gasteiger partial charge in [-0.15, -0.1) is 0 Å². The average molecular weight is 451 g/mol. The van der Waals surface area contributed by atoms with Crippen LogP contribution in [0.5, 0.6) is 5.75 Å². The predicted octanol–water partition coefficient (Wildman–Crippen LogP) is -1.39. The predicted molar refractivity (Wildman–Crippen MR) is 91.9 cm³/mol. The summed E-state index contributed by atoms with van der Waals surface area (Å²) in [5.41, 5.74) is 7.30. The van der Waals surface area contributed by atoms with Crippen LogP contribution in [0, 0.1) is 0 Å². The van der Waals surface area contributed by atoms with Crippen LogP contribution in [0.2, 0.25) is 0 Å². The van der Waals surface area contributed by atoms with Gasteiger partial charge in [0.2, 0.25) is 0 Å². The maximum atomic E-state index is 5.68. The molecule has 0 aliphatic heterocycles. The zero-order valence-electron chi connectivity index (χ0n) is 14.4. The first-order valence-electron chi connectivity index (χ1n) is 8.25. The summed E-state index contributed by atoms with van der Waals surface area (Å²) in [7, 11) is 1.79. The molecule has 2 aliphatic rings. The topological polar surface area (TPSA) is 9.23 Å². The fourth-order valence-electron chi connectivity index (χ4n) is 3.68. The molecule has 1 nitrogen and oxygen atoms in total. The van der Waals surface area contributed by atoms with Crippen LogP contribution in [0.1, 0.15) is 30.9 Å². The van der Waals surface area contributed by atoms with E-state index in [1.807, 2.05) is 0 Å². The van der Waals surface area contributed by atoms with E-state index in [1.54, 1.807) is 19.2 Å². The van der Waals surface area contributed by atoms with Gasteiger partial charge in [-0.2, -0.15) is 0 Å². The number of benzene rings is 2. The molecule has 0 spiro atoms. The van der Waals surface area contributed by atoms with Crippen molar-refractivity contribution < 1.29 is 52.8 Å². The normalized spacial score (nSPS) is 13.5. The van der Waals surface area contributed by atoms with E-state index in [-0.39, 0.29) is 24.8 Å². The summed E-state index contributed by atoms with van der Waals surface area (Å²) < 4.78 is 9.06. The minimum Gasteiger partial charge on any atom is -1.00 e. The average Bonchev–Trinajstić information content (AvgIpc) is 3.19. The molecule has 0 saturated heterocycles. The third kappa shape index (κ3) is 3.68. The Hall–Kier alpha value is -0.817. The molecule has 0 amide bonds. The van der Waals surface area contributed by atoms with E-state index in [1.165, 1.54) is 35.1 Å². The van der Waals surface area contributed by atoms with E-state index < -0.39 is 23.2 Å². The van der Waals surface area contributed by atoms with E-state index in [0.29, 0.717) is 0 Å². The van der Waals surface area contributed by atoms with E-state index in [9.17, 15) is 0 Å². The molecule has 25 heavy (non-hydrogen) atoms. The molecule has 4 heteroatoms. The van der Waals surface area contributed by atoms with Gasteiger partial charge in [-0.1, -0.05) is 0 Å². The quantitative estimate of drug-likeness (QED) is 0.476. The molecule has 0 aromatic heterocycles. The number of hydrogen-bond donors (Lipinski definition) is 0. The van der Waals surface area contributed by atoms with Crippen molar-refractivity contribution in [2.24, 2.45) is 0 Å². The van der Waals surface area contributed by atoms with E-state index in [0.717, 1.165) is 12.2 Å². The summed E-state index contributed by atoms with van der Waals surface area (Å²) in [6.45, 7) is 2.28. The van der Waals surface area contributed by atoms with Crippen molar-refractivity contribution in [3.05, 3.63) is 68.5 Å². The molecule has 0 saturated carbocycles. The molecular weight excluding hydrogens is 430 g/mol. The zero-order valence-corrected chi connectivity index (χ0v) is 18.4. The second-order valence-electron chi connectivity index (χ2n) is 6.09. The van der Waals surface area contributed by atoms with Crippen LogP contribution in [0.4, 0.5) is 0 Å². The van der Waals surface area contributed by atoms with Crippen molar-refractivity contribution in [2.75, 3.05) is 7.11 Å². The standard InChI is InChI=1S/C14H11O.C7H9.2ClH.Zr/c1-15-13-8-4-6-11-9-10-5-2-3-7-12(10)14(11)13;1-2-7-5-3-4-6-7;;;/h2-5,7-8H,9H2,1H3;3,5H,2,4H2,1H3;2*1H;/q;;;;+2/p-2. The van der Waals surface area contributed by atoms with E-state index >= 15 is 0 Å². The Balaban J connectivity index is 0.00000113. The number of halogens is 2. The molecular formula is C21H20Cl2OZr. The minimum atomic E-state index is -0.718. The Bertz CT molecular complexity index is 840. The molecule has 2 aliphatic carbocycles. The Morgan fingerprint density at radius 2 is 1.88 bits per heavy atom. The summed E-state index contributed by atoms with van der Waals surface area (Å²) >= 11 is -0.718. The van der Waals surface area contributed by atoms with Gasteiger partial charge in [-0.05, 0) is 0 Å². The number of fused-ring (bicyclic) bond motifs is 3. The molecule has 0 unspecified atom stereocenters. The third-order valence-corrected chi connectivity index (χ3v) is 8.69. The SMILES string of the molecule is CCC1=[C]([Zr+2][c]2ccc(OC)c3c2Cc2ccccc2-3)CC=C1.[Cl-].[Cl-]. The van der Waals surface area contributed by atoms with Crippen LogP contribution in [0.25, 0.3) is 11.1 Å². The van der Waals surface area contributed by atoms with Gasteiger partial charge in [0.25, 0.3) is 0 Å². The Kier molecular flexibility index (Phi) is 7.14. The van der Waals surface area contributed by atoms with Gasteiger partial charge >= 0.3 is 150 Å². The molecule has 0 fully saturated rings. The maximum Gasteiger partial charge on any atom is -1.00 e. The molecule has 2 aromatic carbocycles. The smallest absolute Gasteiger partial charge is 1.00 e. The minimum absolute atomic E-state index is 0. The van der Waals surface area contributed by atoms with E-state index in [4.69, 9.17) is 4.74 Å². The molecule has 128 valence electrons. The Morgan fingerprint density at radius 1 is 1.08 bits per heavy atom. The number of allylic oxidation sites excluding steroid dienone is 4. The van der Waals surface area contributed by atoms with Crippen molar-refractivity contribution in [3.63, 3.8) is 0 Å². The summed E-state index contributed by atoms with van der Waals surface area (Å²) in [5.74, 6) is 1.03. The Morgan fingerprint density at radius 3 is 2.64 bits per heavy atom. The van der Waals surface area contributed by atoms with Crippen LogP contribution in [0.15, 0.2) is 57.4 Å². The number of rotatable bonds is 4. The van der Waals surface area contributed by atoms with Gasteiger partial charge < -0.3 is 24.8 Å². The third-order valence-electron chi connectivity index (χ3n) is 4.84. The molecule has 0 atom stereocenters. The number of ether oxygens (including phenoxy) is 1. The van der Waals surface area contributed by atoms with Crippen LogP contribution in [-0.2, 0) is 29.7 Å². The van der Waals surface area contributed by atoms with Gasteiger partial charge in [-0.3, -0.25) is 0 Å². The maximum absolute atomic E-state index is 5.68. The van der Waals surface area contributed by atoms with Crippen LogP contribution in [0.3, 0.4) is 0 Å². The van der Waals surface area contributed by atoms with Gasteiger partial charge in [0.15, 0.2) is 0 Å². The van der Waals surface area contributed by atoms with Gasteiger partial charge in [0, 0.05) is 0 Å². The van der Waals surface area contributed by atoms with Crippen LogP contribution < -0.4 is 32.8 Å². The zero-order chi connectivity index (χ0) is 15.8. The van der Waals surface area contributed by atoms with Gasteiger partial charge in [0.05, 0.1) is 0 Å². The van der Waals surface area contributed by atoms with Crippen LogP contribution in [-0.4, -0.2) is 7.11 Å². The second kappa shape index (κ2) is 8.71. The second-order valence-corrected chi connectivity index (χ2v) is 9.51. The van der Waals surface area contributed by atoms with Crippen molar-refractivity contribution in [1.29, 1.82) is 0 Å². The Labute approximate surface area is 173 Å². The summed E-state index contributed by atoms with van der Waals surface area (Å²) in [6.07, 6.45) is 8.11. The largest absolute Gasteiger partial charge is 1.00 e. The molecule has 0 N–H and O–H groups in total. The first kappa shape index (κ1) is 20.5. The van der Waals surface area contributed by atoms with Crippen LogP contribution >= 0.6 is 0 Å². The fraction of sp³-hybridized carbons (Fsp3) is 0.238. The first-order chi connectivity index (χ1) is 11.3. The molecule has 0 heterocycles. The number of methoxy groups -OCH3 is 1. The van der Waals surface area contributed by atoms with Crippen molar-refractivity contribution in [3.8, 4) is 16.9 Å². The van der Waals surface area contributed by atoms with Crippen molar-refractivity contribution in [2.45, 2.75) is 26.2 Å². The molecule has 0 bridgehead atoms. The van der Waals surface area contributed by atoms with E-state index in [2.05, 4.69) is 55.5 Å². The monoisotopic (exact) mass is 448 g/mol. The molecule has 2 aromatic rings. The van der Waals surface area contributed by atoms with Crippen molar-refractivity contribution >= 4 is 3.27 Å². The van der Waals surface area contributed by atoms with Gasteiger partial charge in [0.1, 0.15) is 0 Å². The molecule has 0 radical (unpaired) electrons.